The molecule has 0 aromatic rings. The maximum atomic E-state index is 9.58. The van der Waals surface area contributed by atoms with Gasteiger partial charge in [0.15, 0.2) is 0 Å². The first-order valence-electron chi connectivity index (χ1n) is 5.77. The van der Waals surface area contributed by atoms with Crippen LogP contribution in [0.1, 0.15) is 32.6 Å². The lowest BCUT2D eigenvalue weighted by Gasteiger charge is -2.29. The second kappa shape index (κ2) is 4.60. The fourth-order valence-electron chi connectivity index (χ4n) is 2.43. The molecule has 1 saturated carbocycles. The Balaban J connectivity index is 1.74. The van der Waals surface area contributed by atoms with Gasteiger partial charge in [-0.3, -0.25) is 0 Å². The number of ether oxygens (including phenoxy) is 1. The molecular weight excluding hydrogens is 178 g/mol. The Labute approximate surface area is 85.8 Å². The molecule has 0 radical (unpaired) electrons. The normalized spacial score (nSPS) is 44.1. The van der Waals surface area contributed by atoms with Gasteiger partial charge in [-0.2, -0.15) is 0 Å². The largest absolute Gasteiger partial charge is 0.389 e. The predicted octanol–water partition coefficient (Wildman–Crippen LogP) is 0.914. The molecule has 0 amide bonds. The van der Waals surface area contributed by atoms with Crippen LogP contribution in [0.5, 0.6) is 0 Å². The van der Waals surface area contributed by atoms with E-state index in [9.17, 15) is 5.11 Å². The fraction of sp³-hybridized carbons (Fsp3) is 1.00. The summed E-state index contributed by atoms with van der Waals surface area (Å²) in [5.74, 6) is 0.887. The maximum absolute atomic E-state index is 9.58. The van der Waals surface area contributed by atoms with Gasteiger partial charge < -0.3 is 15.2 Å². The lowest BCUT2D eigenvalue weighted by Crippen LogP contribution is -2.46. The highest BCUT2D eigenvalue weighted by atomic mass is 16.5. The van der Waals surface area contributed by atoms with Gasteiger partial charge in [-0.1, -0.05) is 6.92 Å². The Morgan fingerprint density at radius 2 is 1.86 bits per heavy atom. The minimum atomic E-state index is -0.297. The molecule has 2 rings (SSSR count). The molecule has 14 heavy (non-hydrogen) atoms. The third kappa shape index (κ3) is 2.47. The van der Waals surface area contributed by atoms with E-state index in [2.05, 4.69) is 12.2 Å². The SMILES string of the molecule is CC1CCC(N[C@H]2COC[C@@H]2O)CC1. The molecule has 0 aromatic carbocycles. The van der Waals surface area contributed by atoms with Gasteiger partial charge in [-0.15, -0.1) is 0 Å². The van der Waals surface area contributed by atoms with Gasteiger partial charge in [0.25, 0.3) is 0 Å². The topological polar surface area (TPSA) is 41.5 Å². The van der Waals surface area contributed by atoms with Crippen molar-refractivity contribution in [3.8, 4) is 0 Å². The molecule has 2 N–H and O–H groups in total. The molecule has 3 nitrogen and oxygen atoms in total. The Bertz CT molecular complexity index is 178. The van der Waals surface area contributed by atoms with Crippen LogP contribution in [0, 0.1) is 5.92 Å². The molecule has 2 atom stereocenters. The van der Waals surface area contributed by atoms with Crippen molar-refractivity contribution in [3.05, 3.63) is 0 Å². The van der Waals surface area contributed by atoms with Crippen molar-refractivity contribution in [3.63, 3.8) is 0 Å². The highest BCUT2D eigenvalue weighted by molar-refractivity contribution is 4.85. The average Bonchev–Trinajstić information content (AvgIpc) is 2.56. The number of hydrogen-bond acceptors (Lipinski definition) is 3. The van der Waals surface area contributed by atoms with Crippen molar-refractivity contribution < 1.29 is 9.84 Å². The number of aliphatic hydroxyl groups is 1. The van der Waals surface area contributed by atoms with Crippen LogP contribution in [0.3, 0.4) is 0 Å². The van der Waals surface area contributed by atoms with E-state index in [1.807, 2.05) is 0 Å². The van der Waals surface area contributed by atoms with Crippen LogP contribution in [0.25, 0.3) is 0 Å². The minimum Gasteiger partial charge on any atom is -0.389 e. The van der Waals surface area contributed by atoms with E-state index in [0.29, 0.717) is 19.3 Å². The summed E-state index contributed by atoms with van der Waals surface area (Å²) in [4.78, 5) is 0. The van der Waals surface area contributed by atoms with Crippen molar-refractivity contribution >= 4 is 0 Å². The third-order valence-corrected chi connectivity index (χ3v) is 3.52. The molecular formula is C11H21NO2. The van der Waals surface area contributed by atoms with Gasteiger partial charge in [0, 0.05) is 6.04 Å². The van der Waals surface area contributed by atoms with E-state index in [0.717, 1.165) is 5.92 Å². The zero-order chi connectivity index (χ0) is 9.97. The van der Waals surface area contributed by atoms with Crippen LogP contribution < -0.4 is 5.32 Å². The molecule has 2 aliphatic rings. The smallest absolute Gasteiger partial charge is 0.0948 e. The Morgan fingerprint density at radius 1 is 1.14 bits per heavy atom. The zero-order valence-corrected chi connectivity index (χ0v) is 8.91. The summed E-state index contributed by atoms with van der Waals surface area (Å²) < 4.78 is 5.22. The molecule has 0 aromatic heterocycles. The molecule has 1 aliphatic heterocycles. The molecule has 2 fully saturated rings. The van der Waals surface area contributed by atoms with Gasteiger partial charge in [-0.25, -0.2) is 0 Å². The number of aliphatic hydroxyl groups excluding tert-OH is 1. The number of hydrogen-bond donors (Lipinski definition) is 2. The lowest BCUT2D eigenvalue weighted by molar-refractivity contribution is 0.119. The van der Waals surface area contributed by atoms with Crippen LogP contribution in [0.15, 0.2) is 0 Å². The van der Waals surface area contributed by atoms with E-state index in [1.165, 1.54) is 25.7 Å². The predicted molar refractivity (Wildman–Crippen MR) is 55.2 cm³/mol. The van der Waals surface area contributed by atoms with E-state index in [1.54, 1.807) is 0 Å². The first-order valence-corrected chi connectivity index (χ1v) is 5.77. The summed E-state index contributed by atoms with van der Waals surface area (Å²) in [6.45, 7) is 3.50. The summed E-state index contributed by atoms with van der Waals surface area (Å²) in [5.41, 5.74) is 0. The first-order chi connectivity index (χ1) is 6.75. The van der Waals surface area contributed by atoms with E-state index in [4.69, 9.17) is 4.74 Å². The van der Waals surface area contributed by atoms with Crippen LogP contribution in [-0.4, -0.2) is 36.5 Å². The first kappa shape index (κ1) is 10.4. The van der Waals surface area contributed by atoms with Gasteiger partial charge in [0.05, 0.1) is 25.4 Å². The monoisotopic (exact) mass is 199 g/mol. The maximum Gasteiger partial charge on any atom is 0.0948 e. The quantitative estimate of drug-likeness (QED) is 0.694. The van der Waals surface area contributed by atoms with Crippen LogP contribution >= 0.6 is 0 Å². The molecule has 1 saturated heterocycles. The van der Waals surface area contributed by atoms with Crippen molar-refractivity contribution in [1.82, 2.24) is 5.32 Å². The van der Waals surface area contributed by atoms with E-state index >= 15 is 0 Å². The van der Waals surface area contributed by atoms with Crippen molar-refractivity contribution in [2.24, 2.45) is 5.92 Å². The van der Waals surface area contributed by atoms with Crippen LogP contribution in [0.2, 0.25) is 0 Å². The molecule has 0 bridgehead atoms. The van der Waals surface area contributed by atoms with E-state index in [-0.39, 0.29) is 12.1 Å². The summed E-state index contributed by atoms with van der Waals surface area (Å²) in [6.07, 6.45) is 4.85. The lowest BCUT2D eigenvalue weighted by atomic mass is 9.87. The standard InChI is InChI=1S/C11H21NO2/c1-8-2-4-9(5-3-8)12-10-6-14-7-11(10)13/h8-13H,2-7H2,1H3/t8?,9?,10-,11-/m0/s1. The average molecular weight is 199 g/mol. The van der Waals surface area contributed by atoms with Crippen molar-refractivity contribution in [2.75, 3.05) is 13.2 Å². The summed E-state index contributed by atoms with van der Waals surface area (Å²) in [6, 6.07) is 0.779. The summed E-state index contributed by atoms with van der Waals surface area (Å²) in [5, 5.41) is 13.1. The highest BCUT2D eigenvalue weighted by Gasteiger charge is 2.29. The highest BCUT2D eigenvalue weighted by Crippen LogP contribution is 2.24. The fourth-order valence-corrected chi connectivity index (χ4v) is 2.43. The Kier molecular flexibility index (Phi) is 3.42. The Hall–Kier alpha value is -0.120. The van der Waals surface area contributed by atoms with Crippen LogP contribution in [-0.2, 0) is 4.74 Å². The van der Waals surface area contributed by atoms with Crippen LogP contribution in [0.4, 0.5) is 0 Å². The van der Waals surface area contributed by atoms with Gasteiger partial charge in [-0.05, 0) is 31.6 Å². The Morgan fingerprint density at radius 3 is 2.43 bits per heavy atom. The van der Waals surface area contributed by atoms with Gasteiger partial charge in [0.1, 0.15) is 0 Å². The molecule has 1 heterocycles. The molecule has 82 valence electrons. The minimum absolute atomic E-state index is 0.174. The molecule has 0 spiro atoms. The second-order valence-corrected chi connectivity index (χ2v) is 4.83. The van der Waals surface area contributed by atoms with E-state index < -0.39 is 0 Å². The number of rotatable bonds is 2. The van der Waals surface area contributed by atoms with Crippen molar-refractivity contribution in [1.29, 1.82) is 0 Å². The summed E-state index contributed by atoms with van der Waals surface area (Å²) in [7, 11) is 0. The molecule has 0 unspecified atom stereocenters. The van der Waals surface area contributed by atoms with Crippen molar-refractivity contribution in [2.45, 2.75) is 50.8 Å². The van der Waals surface area contributed by atoms with Gasteiger partial charge in [0.2, 0.25) is 0 Å². The third-order valence-electron chi connectivity index (χ3n) is 3.52. The van der Waals surface area contributed by atoms with Gasteiger partial charge >= 0.3 is 0 Å². The second-order valence-electron chi connectivity index (χ2n) is 4.83. The molecule has 3 heteroatoms. The number of nitrogens with one attached hydrogen (secondary N) is 1. The zero-order valence-electron chi connectivity index (χ0n) is 8.91. The summed E-state index contributed by atoms with van der Waals surface area (Å²) >= 11 is 0. The molecule has 1 aliphatic carbocycles.